The first-order valence-corrected chi connectivity index (χ1v) is 15.7. The number of halogens is 2. The van der Waals surface area contributed by atoms with Crippen molar-refractivity contribution in [1.29, 1.82) is 0 Å². The van der Waals surface area contributed by atoms with Gasteiger partial charge in [0, 0.05) is 52.4 Å². The van der Waals surface area contributed by atoms with Crippen LogP contribution in [0.1, 0.15) is 0 Å². The van der Waals surface area contributed by atoms with Crippen molar-refractivity contribution in [3.8, 4) is 0 Å². The topological polar surface area (TPSA) is 68.0 Å². The Morgan fingerprint density at radius 3 is 1.38 bits per heavy atom. The van der Waals surface area contributed by atoms with Crippen LogP contribution in [0, 0.1) is 0 Å². The molecule has 5 rings (SSSR count). The minimum absolute atomic E-state index is 0.667. The summed E-state index contributed by atoms with van der Waals surface area (Å²) in [5.74, 6) is 0. The van der Waals surface area contributed by atoms with Gasteiger partial charge < -0.3 is 9.47 Å². The summed E-state index contributed by atoms with van der Waals surface area (Å²) in [7, 11) is -2.20. The van der Waals surface area contributed by atoms with Gasteiger partial charge in [0.05, 0.1) is 26.4 Å². The molecule has 0 spiro atoms. The van der Waals surface area contributed by atoms with Gasteiger partial charge in [-0.05, 0) is 22.5 Å². The molecule has 0 bridgehead atoms. The Kier molecular flexibility index (Phi) is 5.17. The molecule has 0 aromatic heterocycles. The van der Waals surface area contributed by atoms with E-state index in [1.165, 1.54) is 0 Å². The lowest BCUT2D eigenvalue weighted by atomic mass is 10.5. The smallest absolute Gasteiger partial charge is 0.239 e. The molecule has 2 atom stereocenters. The average Bonchev–Trinajstić information content (AvgIpc) is 3.55. The minimum atomic E-state index is -2.59. The highest BCUT2D eigenvalue weighted by molar-refractivity contribution is 8.02. The predicted octanol–water partition coefficient (Wildman–Crippen LogP) is 3.61. The summed E-state index contributed by atoms with van der Waals surface area (Å²) >= 11 is 14.5. The molecule has 14 heteroatoms. The molecular formula is C12H24Cl2N7O2P3. The number of morpholine rings is 2. The molecule has 0 radical (unpaired) electrons. The third-order valence-corrected chi connectivity index (χ3v) is 18.8. The fourth-order valence-electron chi connectivity index (χ4n) is 3.38. The van der Waals surface area contributed by atoms with Gasteiger partial charge in [0.15, 0.2) is 0 Å². The van der Waals surface area contributed by atoms with Gasteiger partial charge in [0.1, 0.15) is 0 Å². The van der Waals surface area contributed by atoms with E-state index >= 15 is 0 Å². The molecule has 148 valence electrons. The maximum absolute atomic E-state index is 7.23. The largest absolute Gasteiger partial charge is 0.379 e. The zero-order valence-electron chi connectivity index (χ0n) is 14.5. The molecule has 0 N–H and O–H groups in total. The highest BCUT2D eigenvalue weighted by Crippen LogP contribution is 2.86. The van der Waals surface area contributed by atoms with Crippen molar-refractivity contribution >= 4 is 43.4 Å². The Morgan fingerprint density at radius 2 is 0.962 bits per heavy atom. The van der Waals surface area contributed by atoms with Crippen LogP contribution in [0.3, 0.4) is 0 Å². The van der Waals surface area contributed by atoms with Crippen LogP contribution in [-0.4, -0.2) is 97.5 Å². The van der Waals surface area contributed by atoms with Crippen LogP contribution in [0.5, 0.6) is 0 Å². The predicted molar refractivity (Wildman–Crippen MR) is 108 cm³/mol. The number of hydrogen-bond acceptors (Lipinski definition) is 9. The van der Waals surface area contributed by atoms with E-state index in [4.69, 9.17) is 45.5 Å². The molecular weight excluding hydrogens is 438 g/mol. The van der Waals surface area contributed by atoms with E-state index in [2.05, 4.69) is 18.7 Å². The second kappa shape index (κ2) is 7.07. The third-order valence-electron chi connectivity index (χ3n) is 5.00. The number of hydrogen-bond donors (Lipinski definition) is 0. The number of nitrogens with zero attached hydrogens (tertiary/aromatic N) is 7. The van der Waals surface area contributed by atoms with E-state index in [1.54, 1.807) is 0 Å². The molecule has 4 saturated heterocycles. The summed E-state index contributed by atoms with van der Waals surface area (Å²) in [5.41, 5.74) is 0. The lowest BCUT2D eigenvalue weighted by Crippen LogP contribution is -2.34. The molecule has 0 aromatic rings. The summed E-state index contributed by atoms with van der Waals surface area (Å²) < 4.78 is 35.8. The van der Waals surface area contributed by atoms with Crippen molar-refractivity contribution in [2.45, 2.75) is 0 Å². The summed E-state index contributed by atoms with van der Waals surface area (Å²) in [5, 5.41) is 0. The van der Waals surface area contributed by atoms with Gasteiger partial charge in [-0.2, -0.15) is 13.5 Å². The molecule has 0 saturated carbocycles. The van der Waals surface area contributed by atoms with E-state index in [0.717, 1.165) is 52.4 Å². The zero-order valence-corrected chi connectivity index (χ0v) is 18.7. The molecule has 5 heterocycles. The van der Waals surface area contributed by atoms with Crippen molar-refractivity contribution in [3.05, 3.63) is 0 Å². The van der Waals surface area contributed by atoms with Crippen LogP contribution in [-0.2, 0) is 9.47 Å². The first-order valence-electron chi connectivity index (χ1n) is 9.02. The molecule has 0 aliphatic carbocycles. The van der Waals surface area contributed by atoms with Gasteiger partial charge in [0.2, 0.25) is 20.9 Å². The molecule has 26 heavy (non-hydrogen) atoms. The lowest BCUT2D eigenvalue weighted by molar-refractivity contribution is 0.0740. The van der Waals surface area contributed by atoms with Crippen molar-refractivity contribution in [2.75, 3.05) is 78.8 Å². The maximum atomic E-state index is 7.23. The SMILES string of the molecule is Cl[P@@]1(N2CCOCC2)=N[P@](Cl)(N2CCOCC2)=NP(N2CC2)(N2CC2)=N1. The molecule has 0 amide bonds. The number of ether oxygens (including phenoxy) is 2. The van der Waals surface area contributed by atoms with Gasteiger partial charge in [-0.15, -0.1) is 0 Å². The molecule has 5 aliphatic rings. The van der Waals surface area contributed by atoms with Crippen molar-refractivity contribution < 1.29 is 9.47 Å². The summed E-state index contributed by atoms with van der Waals surface area (Å²) in [4.78, 5) is 0. The highest BCUT2D eigenvalue weighted by atomic mass is 35.7. The van der Waals surface area contributed by atoms with Crippen LogP contribution < -0.4 is 0 Å². The fourth-order valence-corrected chi connectivity index (χ4v) is 19.5. The van der Waals surface area contributed by atoms with Crippen molar-refractivity contribution in [2.24, 2.45) is 13.5 Å². The van der Waals surface area contributed by atoms with Gasteiger partial charge in [-0.25, -0.2) is 18.7 Å². The summed E-state index contributed by atoms with van der Waals surface area (Å²) in [6.07, 6.45) is 0. The van der Waals surface area contributed by atoms with E-state index < -0.39 is 20.9 Å². The molecule has 5 aliphatic heterocycles. The van der Waals surface area contributed by atoms with E-state index in [1.807, 2.05) is 0 Å². The Morgan fingerprint density at radius 1 is 0.538 bits per heavy atom. The fraction of sp³-hybridized carbons (Fsp3) is 1.00. The van der Waals surface area contributed by atoms with Crippen LogP contribution in [0.25, 0.3) is 0 Å². The quantitative estimate of drug-likeness (QED) is 0.470. The standard InChI is InChI=1S/C12H24Cl2N7O2P3/c13-24(18-5-9-22-10-6-18)15-25(14,19-7-11-23-12-8-19)17-26(16-24,20-1-2-20)21-3-4-21/h1-12H2/t24-,25+. The zero-order chi connectivity index (χ0) is 17.8. The molecule has 4 fully saturated rings. The van der Waals surface area contributed by atoms with E-state index in [9.17, 15) is 0 Å². The monoisotopic (exact) mass is 461 g/mol. The summed E-state index contributed by atoms with van der Waals surface area (Å²) in [6, 6.07) is 0. The second-order valence-corrected chi connectivity index (χ2v) is 17.0. The molecule has 0 unspecified atom stereocenters. The highest BCUT2D eigenvalue weighted by Gasteiger charge is 2.52. The van der Waals surface area contributed by atoms with Crippen LogP contribution in [0.15, 0.2) is 13.5 Å². The first kappa shape index (κ1) is 19.0. The molecule has 9 nitrogen and oxygen atoms in total. The number of rotatable bonds is 4. The van der Waals surface area contributed by atoms with Gasteiger partial charge >= 0.3 is 0 Å². The normalized spacial score (nSPS) is 41.8. The van der Waals surface area contributed by atoms with E-state index in [-0.39, 0.29) is 0 Å². The van der Waals surface area contributed by atoms with Gasteiger partial charge in [-0.1, -0.05) is 0 Å². The Labute approximate surface area is 164 Å². The Bertz CT molecular complexity index is 706. The third kappa shape index (κ3) is 3.42. The Hall–Kier alpha value is 1.03. The van der Waals surface area contributed by atoms with Gasteiger partial charge in [0.25, 0.3) is 0 Å². The summed E-state index contributed by atoms with van der Waals surface area (Å²) in [6.45, 7) is 4.60. The van der Waals surface area contributed by atoms with E-state index in [0.29, 0.717) is 26.4 Å². The van der Waals surface area contributed by atoms with Gasteiger partial charge in [-0.3, -0.25) is 0 Å². The van der Waals surface area contributed by atoms with Crippen LogP contribution >= 0.6 is 43.4 Å². The lowest BCUT2D eigenvalue weighted by Gasteiger charge is -2.41. The second-order valence-electron chi connectivity index (χ2n) is 6.83. The maximum Gasteiger partial charge on any atom is 0.239 e. The van der Waals surface area contributed by atoms with Crippen LogP contribution in [0.2, 0.25) is 0 Å². The van der Waals surface area contributed by atoms with Crippen LogP contribution in [0.4, 0.5) is 0 Å². The van der Waals surface area contributed by atoms with Crippen molar-refractivity contribution in [3.63, 3.8) is 0 Å². The first-order chi connectivity index (χ1) is 12.5. The Balaban J connectivity index is 1.65. The average molecular weight is 462 g/mol. The molecule has 0 aromatic carbocycles. The van der Waals surface area contributed by atoms with Crippen molar-refractivity contribution in [1.82, 2.24) is 18.7 Å². The minimum Gasteiger partial charge on any atom is -0.379 e.